The van der Waals surface area contributed by atoms with Crippen LogP contribution in [-0.4, -0.2) is 13.1 Å². The summed E-state index contributed by atoms with van der Waals surface area (Å²) < 4.78 is 0. The number of hydrogen-bond acceptors (Lipinski definition) is 1. The van der Waals surface area contributed by atoms with Crippen molar-refractivity contribution >= 4 is 0 Å². The molecule has 0 atom stereocenters. The van der Waals surface area contributed by atoms with Gasteiger partial charge in [0.1, 0.15) is 0 Å². The summed E-state index contributed by atoms with van der Waals surface area (Å²) in [5.74, 6) is 0. The summed E-state index contributed by atoms with van der Waals surface area (Å²) in [6.45, 7) is 6.00. The lowest BCUT2D eigenvalue weighted by Gasteiger charge is -1.92. The van der Waals surface area contributed by atoms with Crippen molar-refractivity contribution in [2.75, 3.05) is 13.1 Å². The first-order valence-corrected chi connectivity index (χ1v) is 3.34. The van der Waals surface area contributed by atoms with Crippen LogP contribution in [0.25, 0.3) is 0 Å². The summed E-state index contributed by atoms with van der Waals surface area (Å²) in [5, 5.41) is 3.21. The molecule has 1 heteroatoms. The molecule has 0 saturated heterocycles. The SMILES string of the molecule is C/C=C/CNC/C=C/C. The average Bonchev–Trinajstić information content (AvgIpc) is 1.89. The van der Waals surface area contributed by atoms with Crippen LogP contribution in [0.2, 0.25) is 0 Å². The zero-order valence-electron chi connectivity index (χ0n) is 6.22. The Kier molecular flexibility index (Phi) is 6.98. The monoisotopic (exact) mass is 125 g/mol. The minimum Gasteiger partial charge on any atom is -0.310 e. The molecule has 1 nitrogen and oxygen atoms in total. The van der Waals surface area contributed by atoms with Crippen molar-refractivity contribution in [2.24, 2.45) is 0 Å². The number of nitrogens with one attached hydrogen (secondary N) is 1. The van der Waals surface area contributed by atoms with E-state index in [9.17, 15) is 0 Å². The Bertz CT molecular complexity index is 80.7. The van der Waals surface area contributed by atoms with Crippen LogP contribution < -0.4 is 5.32 Å². The topological polar surface area (TPSA) is 12.0 Å². The van der Waals surface area contributed by atoms with E-state index in [4.69, 9.17) is 0 Å². The summed E-state index contributed by atoms with van der Waals surface area (Å²) in [7, 11) is 0. The molecule has 0 aromatic rings. The van der Waals surface area contributed by atoms with Crippen LogP contribution in [0.15, 0.2) is 24.3 Å². The standard InChI is InChI=1S/C8H15N/c1-3-5-7-9-8-6-4-2/h3-6,9H,7-8H2,1-2H3/b5-3+,6-4+. The number of hydrogen-bond donors (Lipinski definition) is 1. The molecule has 0 aromatic heterocycles. The normalized spacial score (nSPS) is 11.8. The van der Waals surface area contributed by atoms with Crippen molar-refractivity contribution in [1.82, 2.24) is 5.32 Å². The Labute approximate surface area is 57.5 Å². The lowest BCUT2D eigenvalue weighted by Crippen LogP contribution is -2.12. The van der Waals surface area contributed by atoms with Crippen molar-refractivity contribution in [3.63, 3.8) is 0 Å². The van der Waals surface area contributed by atoms with E-state index in [2.05, 4.69) is 17.5 Å². The van der Waals surface area contributed by atoms with Gasteiger partial charge in [0.15, 0.2) is 0 Å². The Morgan fingerprint density at radius 3 is 1.78 bits per heavy atom. The van der Waals surface area contributed by atoms with Gasteiger partial charge in [0, 0.05) is 13.1 Å². The van der Waals surface area contributed by atoms with Crippen molar-refractivity contribution in [3.8, 4) is 0 Å². The quantitative estimate of drug-likeness (QED) is 0.445. The van der Waals surface area contributed by atoms with Crippen LogP contribution in [0.4, 0.5) is 0 Å². The lowest BCUT2D eigenvalue weighted by atomic mass is 10.5. The number of rotatable bonds is 4. The van der Waals surface area contributed by atoms with Gasteiger partial charge in [-0.3, -0.25) is 0 Å². The first-order chi connectivity index (χ1) is 4.41. The van der Waals surface area contributed by atoms with E-state index in [1.807, 2.05) is 26.0 Å². The average molecular weight is 125 g/mol. The first-order valence-electron chi connectivity index (χ1n) is 3.34. The van der Waals surface area contributed by atoms with Crippen molar-refractivity contribution in [3.05, 3.63) is 24.3 Å². The predicted molar refractivity (Wildman–Crippen MR) is 42.5 cm³/mol. The fourth-order valence-electron chi connectivity index (χ4n) is 0.486. The summed E-state index contributed by atoms with van der Waals surface area (Å²) in [4.78, 5) is 0. The van der Waals surface area contributed by atoms with Gasteiger partial charge in [-0.15, -0.1) is 0 Å². The molecule has 0 heterocycles. The zero-order chi connectivity index (χ0) is 6.95. The van der Waals surface area contributed by atoms with Crippen LogP contribution >= 0.6 is 0 Å². The molecule has 0 saturated carbocycles. The van der Waals surface area contributed by atoms with Gasteiger partial charge in [0.25, 0.3) is 0 Å². The third kappa shape index (κ3) is 7.44. The molecule has 0 rings (SSSR count). The highest BCUT2D eigenvalue weighted by Gasteiger charge is 1.72. The highest BCUT2D eigenvalue weighted by Crippen LogP contribution is 1.69. The molecule has 0 fully saturated rings. The molecule has 9 heavy (non-hydrogen) atoms. The second-order valence-electron chi connectivity index (χ2n) is 1.80. The Morgan fingerprint density at radius 1 is 1.00 bits per heavy atom. The third-order valence-electron chi connectivity index (χ3n) is 0.996. The molecule has 0 bridgehead atoms. The summed E-state index contributed by atoms with van der Waals surface area (Å²) in [6.07, 6.45) is 8.29. The van der Waals surface area contributed by atoms with Crippen LogP contribution in [0.3, 0.4) is 0 Å². The van der Waals surface area contributed by atoms with Crippen molar-refractivity contribution in [2.45, 2.75) is 13.8 Å². The second kappa shape index (κ2) is 7.44. The van der Waals surface area contributed by atoms with Gasteiger partial charge in [0.05, 0.1) is 0 Å². The van der Waals surface area contributed by atoms with Gasteiger partial charge in [-0.1, -0.05) is 24.3 Å². The minimum absolute atomic E-state index is 0.973. The molecular weight excluding hydrogens is 110 g/mol. The van der Waals surface area contributed by atoms with E-state index in [1.54, 1.807) is 0 Å². The molecule has 0 aromatic carbocycles. The molecule has 0 spiro atoms. The Morgan fingerprint density at radius 2 is 1.44 bits per heavy atom. The number of allylic oxidation sites excluding steroid dienone is 2. The molecule has 0 unspecified atom stereocenters. The van der Waals surface area contributed by atoms with Crippen LogP contribution in [0.5, 0.6) is 0 Å². The van der Waals surface area contributed by atoms with E-state index in [1.165, 1.54) is 0 Å². The second-order valence-corrected chi connectivity index (χ2v) is 1.80. The molecule has 0 aliphatic rings. The largest absolute Gasteiger partial charge is 0.310 e. The van der Waals surface area contributed by atoms with E-state index >= 15 is 0 Å². The molecular formula is C8H15N. The van der Waals surface area contributed by atoms with E-state index < -0.39 is 0 Å². The van der Waals surface area contributed by atoms with Gasteiger partial charge in [-0.2, -0.15) is 0 Å². The lowest BCUT2D eigenvalue weighted by molar-refractivity contribution is 0.841. The Balaban J connectivity index is 2.91. The first kappa shape index (κ1) is 8.44. The molecule has 0 amide bonds. The fourth-order valence-corrected chi connectivity index (χ4v) is 0.486. The zero-order valence-corrected chi connectivity index (χ0v) is 6.22. The summed E-state index contributed by atoms with van der Waals surface area (Å²) in [5.41, 5.74) is 0. The molecule has 0 aliphatic heterocycles. The van der Waals surface area contributed by atoms with E-state index in [-0.39, 0.29) is 0 Å². The van der Waals surface area contributed by atoms with Crippen LogP contribution in [0.1, 0.15) is 13.8 Å². The van der Waals surface area contributed by atoms with Crippen LogP contribution in [0, 0.1) is 0 Å². The molecule has 1 N–H and O–H groups in total. The molecule has 0 aliphatic carbocycles. The fraction of sp³-hybridized carbons (Fsp3) is 0.500. The van der Waals surface area contributed by atoms with Crippen molar-refractivity contribution < 1.29 is 0 Å². The van der Waals surface area contributed by atoms with Crippen molar-refractivity contribution in [1.29, 1.82) is 0 Å². The maximum Gasteiger partial charge on any atom is 0.0137 e. The summed E-state index contributed by atoms with van der Waals surface area (Å²) in [6, 6.07) is 0. The van der Waals surface area contributed by atoms with Crippen LogP contribution in [-0.2, 0) is 0 Å². The maximum absolute atomic E-state index is 3.21. The third-order valence-corrected chi connectivity index (χ3v) is 0.996. The maximum atomic E-state index is 3.21. The van der Waals surface area contributed by atoms with Gasteiger partial charge in [-0.25, -0.2) is 0 Å². The minimum atomic E-state index is 0.973. The van der Waals surface area contributed by atoms with Gasteiger partial charge < -0.3 is 5.32 Å². The molecule has 52 valence electrons. The predicted octanol–water partition coefficient (Wildman–Crippen LogP) is 1.73. The summed E-state index contributed by atoms with van der Waals surface area (Å²) >= 11 is 0. The molecule has 0 radical (unpaired) electrons. The van der Waals surface area contributed by atoms with Gasteiger partial charge in [-0.05, 0) is 13.8 Å². The van der Waals surface area contributed by atoms with Gasteiger partial charge in [0.2, 0.25) is 0 Å². The van der Waals surface area contributed by atoms with E-state index in [0.29, 0.717) is 0 Å². The van der Waals surface area contributed by atoms with Gasteiger partial charge >= 0.3 is 0 Å². The highest BCUT2D eigenvalue weighted by molar-refractivity contribution is 4.84. The Hall–Kier alpha value is -0.560. The smallest absolute Gasteiger partial charge is 0.0137 e. The van der Waals surface area contributed by atoms with E-state index in [0.717, 1.165) is 13.1 Å². The highest BCUT2D eigenvalue weighted by atomic mass is 14.8.